The van der Waals surface area contributed by atoms with Gasteiger partial charge in [0, 0.05) is 73.0 Å². The van der Waals surface area contributed by atoms with Crippen molar-refractivity contribution in [3.8, 4) is 17.2 Å². The van der Waals surface area contributed by atoms with Crippen LogP contribution in [-0.4, -0.2) is 68.3 Å². The van der Waals surface area contributed by atoms with E-state index in [2.05, 4.69) is 74.7 Å². The van der Waals surface area contributed by atoms with Gasteiger partial charge in [-0.2, -0.15) is 10.4 Å². The standard InChI is InChI=1S/C31H36N8S/c1-3-26-8-6-23(14-34-26)17-38-27-12-28(38)20-37(19-27)30-9-7-24(15-35-30)29-11-22(5-4-10-40-21-33-2)18-39-31(29)25(13-32)16-36-39/h6-9,11,14-16,18,27-28,33H,3-5,10,12,17,19-21H2,1-2H3. The minimum atomic E-state index is 0.554. The number of nitrogens with zero attached hydrogens (tertiary/aromatic N) is 7. The van der Waals surface area contributed by atoms with Crippen LogP contribution in [-0.2, 0) is 19.4 Å². The molecular weight excluding hydrogens is 516 g/mol. The Balaban J connectivity index is 1.16. The van der Waals surface area contributed by atoms with Gasteiger partial charge in [-0.3, -0.25) is 9.88 Å². The molecule has 0 spiro atoms. The summed E-state index contributed by atoms with van der Waals surface area (Å²) in [4.78, 5) is 14.5. The number of aromatic nitrogens is 4. The summed E-state index contributed by atoms with van der Waals surface area (Å²) in [6, 6.07) is 14.3. The largest absolute Gasteiger partial charge is 0.353 e. The molecule has 4 aromatic rings. The Morgan fingerprint density at radius 2 is 1.95 bits per heavy atom. The number of fused-ring (bicyclic) bond motifs is 3. The van der Waals surface area contributed by atoms with E-state index in [0.29, 0.717) is 17.6 Å². The SMILES string of the molecule is CCc1ccc(CN2C3CC2CN(c2ccc(-c4cc(CCCSCNC)cn5ncc(C#N)c45)cn2)C3)cn1. The number of thioether (sulfide) groups is 1. The Morgan fingerprint density at radius 1 is 1.07 bits per heavy atom. The zero-order valence-corrected chi connectivity index (χ0v) is 24.1. The van der Waals surface area contributed by atoms with Crippen molar-refractivity contribution in [2.75, 3.05) is 36.7 Å². The number of anilines is 1. The Labute approximate surface area is 240 Å². The average Bonchev–Trinajstić information content (AvgIpc) is 3.43. The maximum Gasteiger partial charge on any atom is 0.128 e. The van der Waals surface area contributed by atoms with E-state index < -0.39 is 0 Å². The highest BCUT2D eigenvalue weighted by Gasteiger charge is 2.44. The third-order valence-electron chi connectivity index (χ3n) is 8.13. The molecule has 4 aromatic heterocycles. The number of rotatable bonds is 11. The Bertz CT molecular complexity index is 1480. The molecule has 3 saturated heterocycles. The van der Waals surface area contributed by atoms with Gasteiger partial charge >= 0.3 is 0 Å². The lowest BCUT2D eigenvalue weighted by Crippen LogP contribution is -2.68. The fourth-order valence-corrected chi connectivity index (χ4v) is 6.70. The summed E-state index contributed by atoms with van der Waals surface area (Å²) in [6.45, 7) is 5.11. The van der Waals surface area contributed by atoms with Gasteiger partial charge in [-0.25, -0.2) is 9.50 Å². The van der Waals surface area contributed by atoms with E-state index in [1.807, 2.05) is 35.7 Å². The summed E-state index contributed by atoms with van der Waals surface area (Å²) in [7, 11) is 1.98. The van der Waals surface area contributed by atoms with Crippen molar-refractivity contribution in [3.05, 3.63) is 77.5 Å². The first-order valence-corrected chi connectivity index (χ1v) is 15.4. The summed E-state index contributed by atoms with van der Waals surface area (Å²) in [6.07, 6.45) is 12.0. The fraction of sp³-hybridized carbons (Fsp3) is 0.419. The van der Waals surface area contributed by atoms with E-state index in [1.54, 1.807) is 6.20 Å². The molecule has 0 aromatic carbocycles. The second-order valence-electron chi connectivity index (χ2n) is 10.8. The van der Waals surface area contributed by atoms with Crippen LogP contribution in [0.3, 0.4) is 0 Å². The van der Waals surface area contributed by atoms with E-state index in [4.69, 9.17) is 4.98 Å². The predicted octanol–water partition coefficient (Wildman–Crippen LogP) is 4.53. The molecule has 2 bridgehead atoms. The fourth-order valence-electron chi connectivity index (χ4n) is 6.00. The molecule has 8 nitrogen and oxygen atoms in total. The van der Waals surface area contributed by atoms with Crippen molar-refractivity contribution >= 4 is 23.1 Å². The Kier molecular flexibility index (Phi) is 8.00. The van der Waals surface area contributed by atoms with Gasteiger partial charge in [0.05, 0.1) is 17.3 Å². The Hall–Kier alpha value is -3.45. The van der Waals surface area contributed by atoms with Gasteiger partial charge < -0.3 is 10.2 Å². The molecule has 206 valence electrons. The molecule has 1 N–H and O–H groups in total. The van der Waals surface area contributed by atoms with E-state index in [-0.39, 0.29) is 0 Å². The third kappa shape index (κ3) is 5.44. The zero-order valence-electron chi connectivity index (χ0n) is 23.3. The van der Waals surface area contributed by atoms with Gasteiger partial charge in [-0.15, -0.1) is 11.8 Å². The quantitative estimate of drug-likeness (QED) is 0.215. The lowest BCUT2D eigenvalue weighted by molar-refractivity contribution is -0.00875. The lowest BCUT2D eigenvalue weighted by Gasteiger charge is -2.56. The zero-order chi connectivity index (χ0) is 27.5. The summed E-state index contributed by atoms with van der Waals surface area (Å²) in [5.41, 5.74) is 7.14. The molecule has 0 aliphatic carbocycles. The second-order valence-corrected chi connectivity index (χ2v) is 11.9. The lowest BCUT2D eigenvalue weighted by atomic mass is 9.87. The Morgan fingerprint density at radius 3 is 2.65 bits per heavy atom. The van der Waals surface area contributed by atoms with E-state index in [0.717, 1.165) is 78.7 Å². The topological polar surface area (TPSA) is 85.4 Å². The van der Waals surface area contributed by atoms with Crippen molar-refractivity contribution in [1.82, 2.24) is 29.8 Å². The van der Waals surface area contributed by atoms with Crippen LogP contribution in [0.5, 0.6) is 0 Å². The molecule has 0 radical (unpaired) electrons. The van der Waals surface area contributed by atoms with Gasteiger partial charge in [-0.05, 0) is 73.9 Å². The number of aryl methyl sites for hydroxylation is 2. The van der Waals surface area contributed by atoms with Crippen molar-refractivity contribution in [2.45, 2.75) is 51.2 Å². The molecule has 3 fully saturated rings. The first kappa shape index (κ1) is 26.8. The van der Waals surface area contributed by atoms with Crippen LogP contribution in [0, 0.1) is 11.3 Å². The van der Waals surface area contributed by atoms with Gasteiger partial charge in [0.1, 0.15) is 11.9 Å². The number of nitrogens with one attached hydrogen (secondary N) is 1. The highest BCUT2D eigenvalue weighted by molar-refractivity contribution is 7.99. The summed E-state index contributed by atoms with van der Waals surface area (Å²) >= 11 is 1.91. The van der Waals surface area contributed by atoms with E-state index in [1.165, 1.54) is 17.5 Å². The molecule has 9 heteroatoms. The van der Waals surface area contributed by atoms with Gasteiger partial charge in [0.2, 0.25) is 0 Å². The highest BCUT2D eigenvalue weighted by atomic mass is 32.2. The molecule has 7 rings (SSSR count). The van der Waals surface area contributed by atoms with Crippen LogP contribution in [0.4, 0.5) is 5.82 Å². The number of nitriles is 1. The molecule has 0 saturated carbocycles. The maximum atomic E-state index is 9.73. The van der Waals surface area contributed by atoms with Gasteiger partial charge in [0.15, 0.2) is 0 Å². The molecule has 2 atom stereocenters. The number of piperidine rings is 1. The number of piperazine rings is 1. The first-order valence-electron chi connectivity index (χ1n) is 14.2. The van der Waals surface area contributed by atoms with Crippen LogP contribution in [0.25, 0.3) is 16.6 Å². The number of hydrogen-bond donors (Lipinski definition) is 1. The second kappa shape index (κ2) is 12.0. The van der Waals surface area contributed by atoms with Gasteiger partial charge in [0.25, 0.3) is 0 Å². The number of hydrogen-bond acceptors (Lipinski definition) is 8. The molecule has 3 aliphatic rings. The highest BCUT2D eigenvalue weighted by Crippen LogP contribution is 2.36. The van der Waals surface area contributed by atoms with Gasteiger partial charge in [-0.1, -0.05) is 13.0 Å². The molecule has 40 heavy (non-hydrogen) atoms. The van der Waals surface area contributed by atoms with Crippen molar-refractivity contribution < 1.29 is 0 Å². The predicted molar refractivity (Wildman–Crippen MR) is 161 cm³/mol. The van der Waals surface area contributed by atoms with Crippen LogP contribution in [0.2, 0.25) is 0 Å². The average molecular weight is 553 g/mol. The maximum absolute atomic E-state index is 9.73. The summed E-state index contributed by atoms with van der Waals surface area (Å²) < 4.78 is 1.86. The smallest absolute Gasteiger partial charge is 0.128 e. The van der Waals surface area contributed by atoms with Crippen LogP contribution in [0.1, 0.15) is 42.1 Å². The monoisotopic (exact) mass is 552 g/mol. The van der Waals surface area contributed by atoms with E-state index >= 15 is 0 Å². The molecule has 7 heterocycles. The van der Waals surface area contributed by atoms with E-state index in [9.17, 15) is 5.26 Å². The minimum Gasteiger partial charge on any atom is -0.353 e. The summed E-state index contributed by atoms with van der Waals surface area (Å²) in [5.74, 6) is 3.09. The van der Waals surface area contributed by atoms with Crippen LogP contribution in [0.15, 0.2) is 55.1 Å². The molecule has 3 aliphatic heterocycles. The third-order valence-corrected chi connectivity index (χ3v) is 9.20. The molecular formula is C31H36N8S. The first-order chi connectivity index (χ1) is 19.7. The van der Waals surface area contributed by atoms with Crippen molar-refractivity contribution in [2.24, 2.45) is 0 Å². The van der Waals surface area contributed by atoms with Crippen LogP contribution < -0.4 is 10.2 Å². The molecule has 2 unspecified atom stereocenters. The minimum absolute atomic E-state index is 0.554. The molecule has 0 amide bonds. The van der Waals surface area contributed by atoms with Crippen molar-refractivity contribution in [3.63, 3.8) is 0 Å². The summed E-state index contributed by atoms with van der Waals surface area (Å²) in [5, 5.41) is 17.4. The number of pyridine rings is 3. The van der Waals surface area contributed by atoms with Crippen LogP contribution >= 0.6 is 11.8 Å². The normalized spacial score (nSPS) is 18.6. The van der Waals surface area contributed by atoms with Crippen molar-refractivity contribution in [1.29, 1.82) is 5.26 Å².